The molecule has 2 rings (SSSR count). The summed E-state index contributed by atoms with van der Waals surface area (Å²) < 4.78 is 5.62. The normalized spacial score (nSPS) is 10.0. The molecule has 0 radical (unpaired) electrons. The first-order valence-corrected chi connectivity index (χ1v) is 6.66. The average molecular weight is 267 g/mol. The molecule has 1 aromatic carbocycles. The molecule has 0 saturated carbocycles. The second kappa shape index (κ2) is 6.58. The lowest BCUT2D eigenvalue weighted by atomic mass is 10.1. The van der Waals surface area contributed by atoms with Gasteiger partial charge in [0.2, 0.25) is 5.88 Å². The number of nitrogens with two attached hydrogens (primary N) is 1. The zero-order chi connectivity index (χ0) is 14.4. The first kappa shape index (κ1) is 13.9. The van der Waals surface area contributed by atoms with Crippen LogP contribution in [0.25, 0.3) is 0 Å². The molecule has 0 unspecified atom stereocenters. The molecule has 102 valence electrons. The first-order chi connectivity index (χ1) is 9.72. The average Bonchev–Trinajstić information content (AvgIpc) is 2.48. The van der Waals surface area contributed by atoms with E-state index in [1.807, 2.05) is 30.3 Å². The number of hydrogen-bond acceptors (Lipinski definition) is 4. The molecule has 0 saturated heterocycles. The van der Waals surface area contributed by atoms with E-state index in [2.05, 4.69) is 11.9 Å². The fourth-order valence-electron chi connectivity index (χ4n) is 1.82. The highest BCUT2D eigenvalue weighted by molar-refractivity contribution is 5.51. The van der Waals surface area contributed by atoms with Crippen LogP contribution < -0.4 is 10.5 Å². The molecule has 1 heterocycles. The number of ether oxygens (including phenoxy) is 1. The number of aromatic nitrogens is 1. The molecule has 0 fully saturated rings. The first-order valence-electron chi connectivity index (χ1n) is 6.66. The summed E-state index contributed by atoms with van der Waals surface area (Å²) in [6.07, 6.45) is 3.45. The molecule has 0 spiro atoms. The highest BCUT2D eigenvalue weighted by Crippen LogP contribution is 2.22. The molecular formula is C16H17N3O. The summed E-state index contributed by atoms with van der Waals surface area (Å²) in [7, 11) is 0. The number of benzene rings is 1. The maximum atomic E-state index is 8.88. The number of pyridine rings is 1. The van der Waals surface area contributed by atoms with Crippen LogP contribution in [0.15, 0.2) is 36.4 Å². The van der Waals surface area contributed by atoms with Crippen LogP contribution in [0.3, 0.4) is 0 Å². The SMILES string of the molecule is CCCCc1ccc(Oc2ccc(N)c(C#N)n2)cc1. The molecule has 1 aromatic heterocycles. The molecule has 0 aliphatic heterocycles. The second-order valence-electron chi connectivity index (χ2n) is 4.55. The third-order valence-electron chi connectivity index (χ3n) is 2.97. The molecule has 2 aromatic rings. The zero-order valence-electron chi connectivity index (χ0n) is 11.5. The topological polar surface area (TPSA) is 71.9 Å². The van der Waals surface area contributed by atoms with E-state index in [-0.39, 0.29) is 5.69 Å². The van der Waals surface area contributed by atoms with E-state index in [4.69, 9.17) is 15.7 Å². The lowest BCUT2D eigenvalue weighted by Gasteiger charge is -2.07. The van der Waals surface area contributed by atoms with Gasteiger partial charge in [-0.15, -0.1) is 0 Å². The summed E-state index contributed by atoms with van der Waals surface area (Å²) in [6, 6.07) is 13.1. The minimum atomic E-state index is 0.182. The molecule has 0 aliphatic rings. The zero-order valence-corrected chi connectivity index (χ0v) is 11.5. The third-order valence-corrected chi connectivity index (χ3v) is 2.97. The summed E-state index contributed by atoms with van der Waals surface area (Å²) in [5.41, 5.74) is 7.45. The smallest absolute Gasteiger partial charge is 0.220 e. The van der Waals surface area contributed by atoms with Crippen LogP contribution in [0.1, 0.15) is 31.0 Å². The van der Waals surface area contributed by atoms with Gasteiger partial charge in [0.25, 0.3) is 0 Å². The summed E-state index contributed by atoms with van der Waals surface area (Å²) in [5, 5.41) is 8.88. The van der Waals surface area contributed by atoms with Gasteiger partial charge in [-0.2, -0.15) is 5.26 Å². The van der Waals surface area contributed by atoms with E-state index in [1.165, 1.54) is 18.4 Å². The van der Waals surface area contributed by atoms with Crippen LogP contribution >= 0.6 is 0 Å². The van der Waals surface area contributed by atoms with E-state index in [1.54, 1.807) is 12.1 Å². The van der Waals surface area contributed by atoms with Crippen LogP contribution in [0, 0.1) is 11.3 Å². The van der Waals surface area contributed by atoms with E-state index in [0.717, 1.165) is 6.42 Å². The van der Waals surface area contributed by atoms with Gasteiger partial charge < -0.3 is 10.5 Å². The van der Waals surface area contributed by atoms with Crippen molar-refractivity contribution in [2.24, 2.45) is 0 Å². The Balaban J connectivity index is 2.08. The van der Waals surface area contributed by atoms with Crippen molar-refractivity contribution >= 4 is 5.69 Å². The number of unbranched alkanes of at least 4 members (excludes halogenated alkanes) is 1. The van der Waals surface area contributed by atoms with Gasteiger partial charge in [0, 0.05) is 6.07 Å². The Bertz CT molecular complexity index is 615. The summed E-state index contributed by atoms with van der Waals surface area (Å²) >= 11 is 0. The molecule has 0 aliphatic carbocycles. The van der Waals surface area contributed by atoms with E-state index in [9.17, 15) is 0 Å². The van der Waals surface area contributed by atoms with E-state index < -0.39 is 0 Å². The Kier molecular flexibility index (Phi) is 4.56. The summed E-state index contributed by atoms with van der Waals surface area (Å²) in [5.74, 6) is 1.07. The minimum absolute atomic E-state index is 0.182. The van der Waals surface area contributed by atoms with E-state index in [0.29, 0.717) is 17.3 Å². The van der Waals surface area contributed by atoms with Crippen LogP contribution in [0.4, 0.5) is 5.69 Å². The Morgan fingerprint density at radius 3 is 2.60 bits per heavy atom. The molecule has 4 heteroatoms. The molecule has 0 amide bonds. The quantitative estimate of drug-likeness (QED) is 0.897. The predicted molar refractivity (Wildman–Crippen MR) is 78.5 cm³/mol. The van der Waals surface area contributed by atoms with Gasteiger partial charge in [0.05, 0.1) is 5.69 Å². The number of nitriles is 1. The largest absolute Gasteiger partial charge is 0.439 e. The maximum Gasteiger partial charge on any atom is 0.220 e. The lowest BCUT2D eigenvalue weighted by molar-refractivity contribution is 0.462. The van der Waals surface area contributed by atoms with Crippen molar-refractivity contribution in [2.75, 3.05) is 5.73 Å². The van der Waals surface area contributed by atoms with Gasteiger partial charge in [-0.3, -0.25) is 0 Å². The molecule has 2 N–H and O–H groups in total. The van der Waals surface area contributed by atoms with Crippen LogP contribution in [0.5, 0.6) is 11.6 Å². The number of nitrogen functional groups attached to an aromatic ring is 1. The van der Waals surface area contributed by atoms with Crippen molar-refractivity contribution in [3.63, 3.8) is 0 Å². The predicted octanol–water partition coefficient (Wildman–Crippen LogP) is 3.67. The van der Waals surface area contributed by atoms with Crippen LogP contribution in [-0.4, -0.2) is 4.98 Å². The monoisotopic (exact) mass is 267 g/mol. The highest BCUT2D eigenvalue weighted by Gasteiger charge is 2.04. The standard InChI is InChI=1S/C16H17N3O/c1-2-3-4-12-5-7-13(8-6-12)20-16-10-9-14(18)15(11-17)19-16/h5-10H,2-4,18H2,1H3. The Morgan fingerprint density at radius 1 is 1.20 bits per heavy atom. The van der Waals surface area contributed by atoms with Gasteiger partial charge in [-0.05, 0) is 36.6 Å². The summed E-state index contributed by atoms with van der Waals surface area (Å²) in [6.45, 7) is 2.18. The molecule has 0 bridgehead atoms. The van der Waals surface area contributed by atoms with Crippen molar-refractivity contribution in [1.29, 1.82) is 5.26 Å². The van der Waals surface area contributed by atoms with Crippen molar-refractivity contribution in [3.05, 3.63) is 47.7 Å². The van der Waals surface area contributed by atoms with E-state index >= 15 is 0 Å². The number of nitrogens with zero attached hydrogens (tertiary/aromatic N) is 2. The van der Waals surface area contributed by atoms with Gasteiger partial charge in [-0.25, -0.2) is 4.98 Å². The van der Waals surface area contributed by atoms with Crippen LogP contribution in [0.2, 0.25) is 0 Å². The fraction of sp³-hybridized carbons (Fsp3) is 0.250. The fourth-order valence-corrected chi connectivity index (χ4v) is 1.82. The van der Waals surface area contributed by atoms with Crippen molar-refractivity contribution in [1.82, 2.24) is 4.98 Å². The minimum Gasteiger partial charge on any atom is -0.439 e. The highest BCUT2D eigenvalue weighted by atomic mass is 16.5. The maximum absolute atomic E-state index is 8.88. The molecule has 4 nitrogen and oxygen atoms in total. The molecule has 0 atom stereocenters. The number of rotatable bonds is 5. The Hall–Kier alpha value is -2.54. The van der Waals surface area contributed by atoms with Gasteiger partial charge in [0.15, 0.2) is 5.69 Å². The second-order valence-corrected chi connectivity index (χ2v) is 4.55. The van der Waals surface area contributed by atoms with Gasteiger partial charge >= 0.3 is 0 Å². The number of anilines is 1. The van der Waals surface area contributed by atoms with Crippen molar-refractivity contribution < 1.29 is 4.74 Å². The lowest BCUT2D eigenvalue weighted by Crippen LogP contribution is -1.96. The summed E-state index contributed by atoms with van der Waals surface area (Å²) in [4.78, 5) is 4.05. The van der Waals surface area contributed by atoms with Gasteiger partial charge in [-0.1, -0.05) is 25.5 Å². The Morgan fingerprint density at radius 2 is 1.95 bits per heavy atom. The molecular weight excluding hydrogens is 250 g/mol. The number of hydrogen-bond donors (Lipinski definition) is 1. The Labute approximate surface area is 118 Å². The third kappa shape index (κ3) is 3.48. The number of aryl methyl sites for hydroxylation is 1. The molecule has 20 heavy (non-hydrogen) atoms. The van der Waals surface area contributed by atoms with Crippen molar-refractivity contribution in [3.8, 4) is 17.7 Å². The van der Waals surface area contributed by atoms with Crippen molar-refractivity contribution in [2.45, 2.75) is 26.2 Å². The van der Waals surface area contributed by atoms with Gasteiger partial charge in [0.1, 0.15) is 11.8 Å². The van der Waals surface area contributed by atoms with Crippen LogP contribution in [-0.2, 0) is 6.42 Å².